The average Bonchev–Trinajstić information content (AvgIpc) is 2.81. The number of hydrogen-bond acceptors (Lipinski definition) is 6. The molecule has 0 saturated heterocycles. The van der Waals surface area contributed by atoms with Crippen LogP contribution in [0.5, 0.6) is 28.7 Å². The van der Waals surface area contributed by atoms with E-state index in [1.54, 1.807) is 45.6 Å². The maximum Gasteiger partial charge on any atom is 0.196 e. The molecule has 0 aliphatic carbocycles. The SMILES string of the molecule is COc1ccc(C2Oc3ccc(O)cc3C(=O)/C2=C/c2ccc(OC)c(OC)c2)cc1. The fraction of sp³-hybridized carbons (Fsp3) is 0.160. The molecule has 6 heteroatoms. The number of hydrogen-bond donors (Lipinski definition) is 1. The summed E-state index contributed by atoms with van der Waals surface area (Å²) >= 11 is 0. The molecule has 158 valence electrons. The summed E-state index contributed by atoms with van der Waals surface area (Å²) in [5.74, 6) is 2.07. The number of carbonyl (C=O) groups excluding carboxylic acids is 1. The van der Waals surface area contributed by atoms with Gasteiger partial charge in [0.25, 0.3) is 0 Å². The lowest BCUT2D eigenvalue weighted by atomic mass is 9.89. The second-order valence-electron chi connectivity index (χ2n) is 6.99. The molecule has 1 unspecified atom stereocenters. The molecule has 0 saturated carbocycles. The van der Waals surface area contributed by atoms with Crippen LogP contribution in [0, 0.1) is 0 Å². The zero-order valence-corrected chi connectivity index (χ0v) is 17.4. The fourth-order valence-electron chi connectivity index (χ4n) is 3.55. The van der Waals surface area contributed by atoms with Crippen molar-refractivity contribution in [1.29, 1.82) is 0 Å². The lowest BCUT2D eigenvalue weighted by molar-refractivity contribution is 0.0963. The van der Waals surface area contributed by atoms with E-state index in [9.17, 15) is 9.90 Å². The lowest BCUT2D eigenvalue weighted by Gasteiger charge is -2.28. The summed E-state index contributed by atoms with van der Waals surface area (Å²) in [5.41, 5.74) is 2.32. The van der Waals surface area contributed by atoms with Gasteiger partial charge in [0, 0.05) is 5.57 Å². The quantitative estimate of drug-likeness (QED) is 0.599. The number of phenolic OH excluding ortho intramolecular Hbond substituents is 1. The number of fused-ring (bicyclic) bond motifs is 1. The van der Waals surface area contributed by atoms with Crippen molar-refractivity contribution in [3.05, 3.63) is 82.9 Å². The van der Waals surface area contributed by atoms with Gasteiger partial charge in [0.2, 0.25) is 0 Å². The zero-order chi connectivity index (χ0) is 22.0. The Morgan fingerprint density at radius 2 is 1.61 bits per heavy atom. The van der Waals surface area contributed by atoms with Gasteiger partial charge in [-0.05, 0) is 59.7 Å². The highest BCUT2D eigenvalue weighted by molar-refractivity contribution is 6.14. The molecule has 0 spiro atoms. The van der Waals surface area contributed by atoms with Crippen LogP contribution in [0.25, 0.3) is 6.08 Å². The Morgan fingerprint density at radius 1 is 0.871 bits per heavy atom. The molecule has 1 N–H and O–H groups in total. The van der Waals surface area contributed by atoms with Crippen molar-refractivity contribution < 1.29 is 28.8 Å². The van der Waals surface area contributed by atoms with Crippen molar-refractivity contribution in [2.75, 3.05) is 21.3 Å². The van der Waals surface area contributed by atoms with Gasteiger partial charge in [-0.2, -0.15) is 0 Å². The van der Waals surface area contributed by atoms with Crippen LogP contribution in [-0.4, -0.2) is 32.2 Å². The van der Waals surface area contributed by atoms with Crippen LogP contribution in [0.3, 0.4) is 0 Å². The van der Waals surface area contributed by atoms with E-state index in [0.717, 1.165) is 11.1 Å². The molecule has 0 aromatic heterocycles. The first kappa shape index (κ1) is 20.3. The number of ether oxygens (including phenoxy) is 4. The van der Waals surface area contributed by atoms with E-state index in [4.69, 9.17) is 18.9 Å². The summed E-state index contributed by atoms with van der Waals surface area (Å²) < 4.78 is 22.1. The lowest BCUT2D eigenvalue weighted by Crippen LogP contribution is -2.23. The number of carbonyl (C=O) groups is 1. The summed E-state index contributed by atoms with van der Waals surface area (Å²) in [5, 5.41) is 9.88. The molecule has 1 atom stereocenters. The molecule has 3 aromatic carbocycles. The molecule has 4 rings (SSSR count). The third kappa shape index (κ3) is 3.92. The highest BCUT2D eigenvalue weighted by atomic mass is 16.5. The zero-order valence-electron chi connectivity index (χ0n) is 17.4. The normalized spacial score (nSPS) is 16.4. The van der Waals surface area contributed by atoms with Crippen LogP contribution in [0.15, 0.2) is 66.2 Å². The molecule has 0 amide bonds. The van der Waals surface area contributed by atoms with E-state index in [-0.39, 0.29) is 11.5 Å². The van der Waals surface area contributed by atoms with Gasteiger partial charge in [0.05, 0.1) is 26.9 Å². The smallest absolute Gasteiger partial charge is 0.196 e. The number of aromatic hydroxyl groups is 1. The second kappa shape index (κ2) is 8.44. The summed E-state index contributed by atoms with van der Waals surface area (Å²) in [7, 11) is 4.72. The third-order valence-corrected chi connectivity index (χ3v) is 5.15. The van der Waals surface area contributed by atoms with Crippen LogP contribution in [0.1, 0.15) is 27.6 Å². The molecule has 0 fully saturated rings. The molecular formula is C25H22O6. The first-order chi connectivity index (χ1) is 15.0. The number of benzene rings is 3. The average molecular weight is 418 g/mol. The van der Waals surface area contributed by atoms with Crippen LogP contribution in [0.4, 0.5) is 0 Å². The van der Waals surface area contributed by atoms with Crippen molar-refractivity contribution in [2.45, 2.75) is 6.10 Å². The van der Waals surface area contributed by atoms with Gasteiger partial charge >= 0.3 is 0 Å². The summed E-state index contributed by atoms with van der Waals surface area (Å²) in [6.45, 7) is 0. The first-order valence-corrected chi connectivity index (χ1v) is 9.66. The van der Waals surface area contributed by atoms with E-state index in [1.807, 2.05) is 30.3 Å². The Balaban J connectivity index is 1.84. The minimum absolute atomic E-state index is 0.00376. The van der Waals surface area contributed by atoms with Gasteiger partial charge in [0.15, 0.2) is 23.4 Å². The molecule has 1 aliphatic heterocycles. The third-order valence-electron chi connectivity index (χ3n) is 5.15. The molecule has 6 nitrogen and oxygen atoms in total. The van der Waals surface area contributed by atoms with Gasteiger partial charge in [0.1, 0.15) is 17.2 Å². The van der Waals surface area contributed by atoms with Crippen molar-refractivity contribution in [3.8, 4) is 28.7 Å². The summed E-state index contributed by atoms with van der Waals surface area (Å²) in [6.07, 6.45) is 1.15. The number of Topliss-reactive ketones (excluding diaryl/α,β-unsaturated/α-hetero) is 1. The molecule has 0 radical (unpaired) electrons. The summed E-state index contributed by atoms with van der Waals surface area (Å²) in [6, 6.07) is 17.3. The Bertz CT molecular complexity index is 1150. The Morgan fingerprint density at radius 3 is 2.29 bits per heavy atom. The van der Waals surface area contributed by atoms with Crippen LogP contribution < -0.4 is 18.9 Å². The minimum Gasteiger partial charge on any atom is -0.508 e. The largest absolute Gasteiger partial charge is 0.508 e. The van der Waals surface area contributed by atoms with Crippen LogP contribution in [0.2, 0.25) is 0 Å². The Labute approximate surface area is 180 Å². The molecule has 1 heterocycles. The van der Waals surface area contributed by atoms with E-state index in [0.29, 0.717) is 34.1 Å². The van der Waals surface area contributed by atoms with Gasteiger partial charge in [-0.15, -0.1) is 0 Å². The maximum atomic E-state index is 13.4. The molecular weight excluding hydrogens is 396 g/mol. The van der Waals surface area contributed by atoms with E-state index < -0.39 is 6.10 Å². The molecule has 31 heavy (non-hydrogen) atoms. The summed E-state index contributed by atoms with van der Waals surface area (Å²) in [4.78, 5) is 13.4. The van der Waals surface area contributed by atoms with Crippen molar-refractivity contribution in [1.82, 2.24) is 0 Å². The first-order valence-electron chi connectivity index (χ1n) is 9.66. The highest BCUT2D eigenvalue weighted by Gasteiger charge is 2.33. The highest BCUT2D eigenvalue weighted by Crippen LogP contribution is 2.41. The minimum atomic E-state index is -0.622. The maximum absolute atomic E-state index is 13.4. The van der Waals surface area contributed by atoms with Gasteiger partial charge in [-0.25, -0.2) is 0 Å². The molecule has 3 aromatic rings. The number of phenols is 1. The fourth-order valence-corrected chi connectivity index (χ4v) is 3.55. The van der Waals surface area contributed by atoms with Gasteiger partial charge < -0.3 is 24.1 Å². The van der Waals surface area contributed by atoms with Crippen molar-refractivity contribution in [3.63, 3.8) is 0 Å². The standard InChI is InChI=1S/C25H22O6/c1-28-18-8-5-16(6-9-18)25-20(12-15-4-10-22(29-2)23(13-15)30-3)24(27)19-14-17(26)7-11-21(19)31-25/h4-14,25-26H,1-3H3/b20-12-. The second-order valence-corrected chi connectivity index (χ2v) is 6.99. The topological polar surface area (TPSA) is 74.2 Å². The Hall–Kier alpha value is -3.93. The number of rotatable bonds is 5. The predicted molar refractivity (Wildman–Crippen MR) is 116 cm³/mol. The number of ketones is 1. The van der Waals surface area contributed by atoms with Crippen molar-refractivity contribution in [2.24, 2.45) is 0 Å². The predicted octanol–water partition coefficient (Wildman–Crippen LogP) is 4.82. The van der Waals surface area contributed by atoms with Crippen LogP contribution >= 0.6 is 0 Å². The van der Waals surface area contributed by atoms with Crippen molar-refractivity contribution >= 4 is 11.9 Å². The van der Waals surface area contributed by atoms with E-state index in [1.165, 1.54) is 12.1 Å². The Kier molecular flexibility index (Phi) is 5.54. The van der Waals surface area contributed by atoms with E-state index >= 15 is 0 Å². The van der Waals surface area contributed by atoms with E-state index in [2.05, 4.69) is 0 Å². The molecule has 0 bridgehead atoms. The molecule has 1 aliphatic rings. The van der Waals surface area contributed by atoms with Gasteiger partial charge in [-0.3, -0.25) is 4.79 Å². The monoisotopic (exact) mass is 418 g/mol. The number of methoxy groups -OCH3 is 3. The van der Waals surface area contributed by atoms with Crippen LogP contribution in [-0.2, 0) is 0 Å². The van der Waals surface area contributed by atoms with Gasteiger partial charge in [-0.1, -0.05) is 18.2 Å².